The molecule has 0 radical (unpaired) electrons. The maximum Gasteiger partial charge on any atom is 0.341 e. The van der Waals surface area contributed by atoms with Crippen LogP contribution in [0.25, 0.3) is 0 Å². The molecule has 0 saturated heterocycles. The molecule has 0 fully saturated rings. The van der Waals surface area contributed by atoms with Gasteiger partial charge in [0, 0.05) is 19.5 Å². The van der Waals surface area contributed by atoms with Crippen LogP contribution in [0.15, 0.2) is 24.3 Å². The van der Waals surface area contributed by atoms with Crippen molar-refractivity contribution in [3.05, 3.63) is 45.8 Å². The molecule has 7 nitrogen and oxygen atoms in total. The van der Waals surface area contributed by atoms with Crippen molar-refractivity contribution in [3.63, 3.8) is 0 Å². The minimum absolute atomic E-state index is 0.156. The van der Waals surface area contributed by atoms with Crippen molar-refractivity contribution in [1.29, 1.82) is 0 Å². The number of thiophene rings is 1. The van der Waals surface area contributed by atoms with Crippen molar-refractivity contribution in [2.75, 3.05) is 32.1 Å². The Balaban J connectivity index is 2.22. The van der Waals surface area contributed by atoms with E-state index in [1.807, 2.05) is 38.1 Å². The fourth-order valence-corrected chi connectivity index (χ4v) is 4.33. The summed E-state index contributed by atoms with van der Waals surface area (Å²) in [7, 11) is 1.60. The number of benzene rings is 1. The number of carbonyl (C=O) groups is 3. The van der Waals surface area contributed by atoms with Gasteiger partial charge in [-0.05, 0) is 57.4 Å². The quantitative estimate of drug-likeness (QED) is 0.550. The van der Waals surface area contributed by atoms with Gasteiger partial charge in [0.2, 0.25) is 5.91 Å². The van der Waals surface area contributed by atoms with E-state index < -0.39 is 5.97 Å². The minimum Gasteiger partial charge on any atom is -0.497 e. The van der Waals surface area contributed by atoms with Crippen molar-refractivity contribution in [1.82, 2.24) is 4.90 Å². The highest BCUT2D eigenvalue weighted by Gasteiger charge is 2.28. The lowest BCUT2D eigenvalue weighted by atomic mass is 10.1. The first kappa shape index (κ1) is 24.4. The largest absolute Gasteiger partial charge is 0.497 e. The number of hydrogen-bond acceptors (Lipinski definition) is 6. The summed E-state index contributed by atoms with van der Waals surface area (Å²) in [6.07, 6.45) is 0.783. The summed E-state index contributed by atoms with van der Waals surface area (Å²) in [5, 5.41) is 3.17. The Morgan fingerprint density at radius 1 is 1.06 bits per heavy atom. The van der Waals surface area contributed by atoms with Crippen LogP contribution in [0.4, 0.5) is 5.00 Å². The molecule has 0 atom stereocenters. The maximum atomic E-state index is 12.9. The van der Waals surface area contributed by atoms with E-state index in [1.54, 1.807) is 25.9 Å². The molecule has 0 unspecified atom stereocenters. The van der Waals surface area contributed by atoms with E-state index in [0.29, 0.717) is 35.0 Å². The highest BCUT2D eigenvalue weighted by atomic mass is 32.1. The summed E-state index contributed by atoms with van der Waals surface area (Å²) < 4.78 is 10.3. The third kappa shape index (κ3) is 6.07. The minimum atomic E-state index is -0.541. The molecule has 2 aromatic rings. The lowest BCUT2D eigenvalue weighted by Crippen LogP contribution is -2.30. The van der Waals surface area contributed by atoms with E-state index in [9.17, 15) is 14.4 Å². The number of rotatable bonds is 10. The summed E-state index contributed by atoms with van der Waals surface area (Å²) in [5.41, 5.74) is 1.78. The molecule has 8 heteroatoms. The Hall–Kier alpha value is -2.87. The Morgan fingerprint density at radius 3 is 2.26 bits per heavy atom. The molecule has 1 aromatic carbocycles. The summed E-state index contributed by atoms with van der Waals surface area (Å²) in [4.78, 5) is 40.2. The van der Waals surface area contributed by atoms with Crippen molar-refractivity contribution in [2.24, 2.45) is 0 Å². The van der Waals surface area contributed by atoms with Gasteiger partial charge < -0.3 is 19.7 Å². The van der Waals surface area contributed by atoms with Gasteiger partial charge in [0.25, 0.3) is 5.91 Å². The monoisotopic (exact) mass is 446 g/mol. The second kappa shape index (κ2) is 11.5. The number of carbonyl (C=O) groups excluding carboxylic acids is 3. The van der Waals surface area contributed by atoms with E-state index in [-0.39, 0.29) is 30.4 Å². The predicted octanol–water partition coefficient (Wildman–Crippen LogP) is 4.30. The molecule has 168 valence electrons. The van der Waals surface area contributed by atoms with Crippen LogP contribution >= 0.6 is 11.3 Å². The van der Waals surface area contributed by atoms with Crippen molar-refractivity contribution in [2.45, 2.75) is 40.5 Å². The summed E-state index contributed by atoms with van der Waals surface area (Å²) in [6.45, 7) is 8.56. The van der Waals surface area contributed by atoms with Crippen molar-refractivity contribution >= 4 is 34.1 Å². The number of anilines is 1. The molecular formula is C23H30N2O5S. The van der Waals surface area contributed by atoms with Crippen LogP contribution in [0.1, 0.15) is 58.3 Å². The molecule has 2 amide bonds. The van der Waals surface area contributed by atoms with Crippen LogP contribution in [-0.4, -0.2) is 49.5 Å². The van der Waals surface area contributed by atoms with Gasteiger partial charge in [-0.25, -0.2) is 4.79 Å². The van der Waals surface area contributed by atoms with Gasteiger partial charge in [0.15, 0.2) is 0 Å². The van der Waals surface area contributed by atoms with Gasteiger partial charge in [-0.2, -0.15) is 0 Å². The first-order valence-electron chi connectivity index (χ1n) is 10.4. The number of aryl methyl sites for hydroxylation is 1. The highest BCUT2D eigenvalue weighted by Crippen LogP contribution is 2.35. The van der Waals surface area contributed by atoms with Crippen LogP contribution in [-0.2, 0) is 16.0 Å². The van der Waals surface area contributed by atoms with Crippen LogP contribution in [0.3, 0.4) is 0 Å². The summed E-state index contributed by atoms with van der Waals surface area (Å²) in [6, 6.07) is 7.51. The van der Waals surface area contributed by atoms with Crippen LogP contribution < -0.4 is 10.1 Å². The Bertz CT molecular complexity index is 917. The molecule has 0 saturated carbocycles. The highest BCUT2D eigenvalue weighted by molar-refractivity contribution is 7.18. The van der Waals surface area contributed by atoms with Gasteiger partial charge in [-0.1, -0.05) is 12.1 Å². The zero-order valence-corrected chi connectivity index (χ0v) is 19.6. The van der Waals surface area contributed by atoms with E-state index in [4.69, 9.17) is 9.47 Å². The number of esters is 1. The lowest BCUT2D eigenvalue weighted by Gasteiger charge is -2.18. The van der Waals surface area contributed by atoms with Gasteiger partial charge in [-0.3, -0.25) is 9.59 Å². The number of hydrogen-bond donors (Lipinski definition) is 1. The molecule has 0 aliphatic heterocycles. The maximum absolute atomic E-state index is 12.9. The smallest absolute Gasteiger partial charge is 0.341 e. The van der Waals surface area contributed by atoms with Crippen molar-refractivity contribution in [3.8, 4) is 5.75 Å². The molecular weight excluding hydrogens is 416 g/mol. The molecule has 0 aliphatic rings. The molecule has 0 spiro atoms. The number of nitrogens with one attached hydrogen (secondary N) is 1. The van der Waals surface area contributed by atoms with Crippen molar-refractivity contribution < 1.29 is 23.9 Å². The second-order valence-corrected chi connectivity index (χ2v) is 7.88. The van der Waals surface area contributed by atoms with Gasteiger partial charge in [-0.15, -0.1) is 11.3 Å². The predicted molar refractivity (Wildman–Crippen MR) is 122 cm³/mol. The Kier molecular flexibility index (Phi) is 9.05. The Labute approximate surface area is 187 Å². The second-order valence-electron chi connectivity index (χ2n) is 6.85. The molecule has 1 aromatic heterocycles. The molecule has 1 N–H and O–H groups in total. The standard InChI is InChI=1S/C23H30N2O5S/c1-6-25(7-2)22(27)20-15(4)19(23(28)30-8-3)21(31-20)24-18(26)14-11-16-9-12-17(29-5)13-10-16/h9-10,12-13H,6-8,11,14H2,1-5H3,(H,24,26). The third-order valence-corrected chi connectivity index (χ3v) is 6.12. The molecule has 31 heavy (non-hydrogen) atoms. The number of methoxy groups -OCH3 is 1. The van der Waals surface area contributed by atoms with E-state index in [1.165, 1.54) is 0 Å². The molecule has 2 rings (SSSR count). The van der Waals surface area contributed by atoms with Crippen LogP contribution in [0, 0.1) is 6.92 Å². The first-order chi connectivity index (χ1) is 14.9. The summed E-state index contributed by atoms with van der Waals surface area (Å²) in [5.74, 6) is -0.173. The number of ether oxygens (including phenoxy) is 2. The van der Waals surface area contributed by atoms with E-state index in [0.717, 1.165) is 22.6 Å². The van der Waals surface area contributed by atoms with Gasteiger partial charge in [0.1, 0.15) is 10.8 Å². The molecule has 0 aliphatic carbocycles. The van der Waals surface area contributed by atoms with Gasteiger partial charge in [0.05, 0.1) is 24.2 Å². The van der Waals surface area contributed by atoms with Gasteiger partial charge >= 0.3 is 5.97 Å². The fourth-order valence-electron chi connectivity index (χ4n) is 3.15. The average molecular weight is 447 g/mol. The van der Waals surface area contributed by atoms with E-state index >= 15 is 0 Å². The summed E-state index contributed by atoms with van der Waals surface area (Å²) >= 11 is 1.12. The average Bonchev–Trinajstić information content (AvgIpc) is 3.09. The lowest BCUT2D eigenvalue weighted by molar-refractivity contribution is -0.116. The normalized spacial score (nSPS) is 10.5. The molecule has 0 bridgehead atoms. The zero-order chi connectivity index (χ0) is 23.0. The topological polar surface area (TPSA) is 84.9 Å². The fraction of sp³-hybridized carbons (Fsp3) is 0.435. The Morgan fingerprint density at radius 2 is 1.71 bits per heavy atom. The van der Waals surface area contributed by atoms with Crippen LogP contribution in [0.5, 0.6) is 5.75 Å². The number of nitrogens with zero attached hydrogens (tertiary/aromatic N) is 1. The zero-order valence-electron chi connectivity index (χ0n) is 18.7. The molecule has 1 heterocycles. The third-order valence-electron chi connectivity index (χ3n) is 4.92. The SMILES string of the molecule is CCOC(=O)c1c(NC(=O)CCc2ccc(OC)cc2)sc(C(=O)N(CC)CC)c1C. The van der Waals surface area contributed by atoms with Crippen LogP contribution in [0.2, 0.25) is 0 Å². The van der Waals surface area contributed by atoms with E-state index in [2.05, 4.69) is 5.32 Å². The number of amides is 2. The first-order valence-corrected chi connectivity index (χ1v) is 11.2.